The van der Waals surface area contributed by atoms with Crippen LogP contribution in [0.1, 0.15) is 58.8 Å². The molecule has 0 aromatic rings. The van der Waals surface area contributed by atoms with E-state index in [1.54, 1.807) is 19.9 Å². The van der Waals surface area contributed by atoms with Gasteiger partial charge in [0.25, 0.3) is 0 Å². The Morgan fingerprint density at radius 1 is 1.34 bits per heavy atom. The maximum Gasteiger partial charge on any atom is 0.312 e. The Hall–Kier alpha value is -1.93. The average Bonchev–Trinajstić information content (AvgIpc) is 3.44. The van der Waals surface area contributed by atoms with Crippen molar-refractivity contribution in [1.29, 1.82) is 0 Å². The summed E-state index contributed by atoms with van der Waals surface area (Å²) in [6.45, 7) is 7.69. The number of hydrogen-bond donors (Lipinski definition) is 1. The van der Waals surface area contributed by atoms with Crippen LogP contribution in [0.15, 0.2) is 12.7 Å². The van der Waals surface area contributed by atoms with E-state index in [9.17, 15) is 19.5 Å². The van der Waals surface area contributed by atoms with E-state index in [1.807, 2.05) is 4.90 Å². The minimum Gasteiger partial charge on any atom is -0.466 e. The van der Waals surface area contributed by atoms with E-state index in [-0.39, 0.29) is 31.1 Å². The number of esters is 1. The predicted octanol–water partition coefficient (Wildman–Crippen LogP) is 1.65. The maximum atomic E-state index is 14.1. The number of carbonyl (C=O) groups excluding carboxylic acids is 3. The molecule has 2 amide bonds. The van der Waals surface area contributed by atoms with Crippen molar-refractivity contribution in [3.63, 3.8) is 0 Å². The third-order valence-corrected chi connectivity index (χ3v) is 7.89. The number of hydrogen-bond acceptors (Lipinski definition) is 6. The van der Waals surface area contributed by atoms with Gasteiger partial charge in [0.2, 0.25) is 11.8 Å². The molecule has 0 aromatic carbocycles. The van der Waals surface area contributed by atoms with Crippen LogP contribution in [0.4, 0.5) is 0 Å². The summed E-state index contributed by atoms with van der Waals surface area (Å²) >= 11 is 0. The van der Waals surface area contributed by atoms with Crippen LogP contribution in [-0.4, -0.2) is 82.3 Å². The van der Waals surface area contributed by atoms with E-state index in [2.05, 4.69) is 6.58 Å². The predicted molar refractivity (Wildman–Crippen MR) is 116 cm³/mol. The fraction of sp³-hybridized carbons (Fsp3) is 0.792. The van der Waals surface area contributed by atoms with Gasteiger partial charge in [-0.25, -0.2) is 0 Å². The first-order valence-corrected chi connectivity index (χ1v) is 12.1. The van der Waals surface area contributed by atoms with Crippen molar-refractivity contribution in [3.05, 3.63) is 12.7 Å². The fourth-order valence-corrected chi connectivity index (χ4v) is 6.55. The maximum absolute atomic E-state index is 14.1. The van der Waals surface area contributed by atoms with Gasteiger partial charge in [0.1, 0.15) is 11.6 Å². The number of nitrogens with zero attached hydrogens (tertiary/aromatic N) is 2. The second-order valence-corrected chi connectivity index (χ2v) is 9.66. The molecule has 4 fully saturated rings. The number of aliphatic hydroxyl groups is 1. The highest BCUT2D eigenvalue weighted by Gasteiger charge is 2.75. The van der Waals surface area contributed by atoms with Crippen LogP contribution in [0, 0.1) is 11.8 Å². The lowest BCUT2D eigenvalue weighted by atomic mass is 9.70. The molecule has 3 aliphatic heterocycles. The van der Waals surface area contributed by atoms with Crippen molar-refractivity contribution in [1.82, 2.24) is 9.80 Å². The number of aliphatic hydroxyl groups excluding tert-OH is 1. The van der Waals surface area contributed by atoms with Crippen molar-refractivity contribution >= 4 is 17.8 Å². The van der Waals surface area contributed by atoms with E-state index in [0.717, 1.165) is 25.7 Å². The molecule has 4 rings (SSSR count). The minimum atomic E-state index is -1.05. The Bertz CT molecular complexity index is 766. The zero-order valence-corrected chi connectivity index (χ0v) is 19.2. The Labute approximate surface area is 189 Å². The lowest BCUT2D eigenvalue weighted by molar-refractivity contribution is -0.156. The number of ether oxygens (including phenoxy) is 2. The molecule has 0 unspecified atom stereocenters. The van der Waals surface area contributed by atoms with Crippen molar-refractivity contribution in [3.8, 4) is 0 Å². The molecule has 1 spiro atoms. The molecule has 32 heavy (non-hydrogen) atoms. The first-order valence-electron chi connectivity index (χ1n) is 12.1. The topological polar surface area (TPSA) is 96.4 Å². The Morgan fingerprint density at radius 3 is 2.69 bits per heavy atom. The van der Waals surface area contributed by atoms with Gasteiger partial charge in [-0.1, -0.05) is 25.3 Å². The molecule has 2 bridgehead atoms. The molecule has 0 radical (unpaired) electrons. The number of likely N-dealkylation sites (tertiary alicyclic amines) is 1. The largest absolute Gasteiger partial charge is 0.466 e. The molecule has 8 nitrogen and oxygen atoms in total. The summed E-state index contributed by atoms with van der Waals surface area (Å²) in [4.78, 5) is 44.0. The van der Waals surface area contributed by atoms with Crippen LogP contribution in [0.25, 0.3) is 0 Å². The molecular formula is C24H36N2O6. The van der Waals surface area contributed by atoms with Crippen molar-refractivity contribution in [2.45, 2.75) is 88.6 Å². The molecule has 1 aliphatic carbocycles. The standard InChI is InChI=1S/C24H36N2O6/c1-4-13-25(16-9-7-6-8-10-16)22(29)20-24-12-11-17(32-24)18(23(30)31-5-2)19(24)21(28)26(20)15(3)14-27/h4,15-20,27H,1,5-14H2,2-3H3/t15-,17-,18+,19+,20-,24+/m1/s1. The van der Waals surface area contributed by atoms with Gasteiger partial charge in [0.15, 0.2) is 0 Å². The summed E-state index contributed by atoms with van der Waals surface area (Å²) in [5.74, 6) is -2.33. The molecule has 178 valence electrons. The van der Waals surface area contributed by atoms with E-state index in [4.69, 9.17) is 9.47 Å². The van der Waals surface area contributed by atoms with E-state index >= 15 is 0 Å². The Morgan fingerprint density at radius 2 is 2.06 bits per heavy atom. The smallest absolute Gasteiger partial charge is 0.312 e. The summed E-state index contributed by atoms with van der Waals surface area (Å²) < 4.78 is 11.7. The summed E-state index contributed by atoms with van der Waals surface area (Å²) in [7, 11) is 0. The lowest BCUT2D eigenvalue weighted by Crippen LogP contribution is -2.60. The average molecular weight is 449 g/mol. The SMILES string of the molecule is C=CCN(C(=O)[C@H]1N([C@H](C)CO)C(=O)[C@@H]2[C@@H](C(=O)OCC)[C@H]3CC[C@]21O3)C1CCCCC1. The zero-order valence-electron chi connectivity index (χ0n) is 19.2. The number of carbonyl (C=O) groups is 3. The van der Waals surface area contributed by atoms with Gasteiger partial charge in [0.05, 0.1) is 37.2 Å². The van der Waals surface area contributed by atoms with Crippen molar-refractivity contribution in [2.75, 3.05) is 19.8 Å². The monoisotopic (exact) mass is 448 g/mol. The van der Waals surface area contributed by atoms with Gasteiger partial charge >= 0.3 is 5.97 Å². The molecule has 0 aromatic heterocycles. The van der Waals surface area contributed by atoms with Crippen LogP contribution in [0.3, 0.4) is 0 Å². The van der Waals surface area contributed by atoms with Gasteiger partial charge in [-0.15, -0.1) is 6.58 Å². The number of rotatable bonds is 8. The highest BCUT2D eigenvalue weighted by Crippen LogP contribution is 2.59. The molecule has 1 N–H and O–H groups in total. The fourth-order valence-electron chi connectivity index (χ4n) is 6.55. The van der Waals surface area contributed by atoms with Crippen LogP contribution in [0.5, 0.6) is 0 Å². The van der Waals surface area contributed by atoms with E-state index in [1.165, 1.54) is 11.3 Å². The highest BCUT2D eigenvalue weighted by molar-refractivity contribution is 5.98. The minimum absolute atomic E-state index is 0.102. The third kappa shape index (κ3) is 3.46. The van der Waals surface area contributed by atoms with Gasteiger partial charge < -0.3 is 24.4 Å². The van der Waals surface area contributed by atoms with Crippen molar-refractivity contribution < 1.29 is 29.0 Å². The zero-order chi connectivity index (χ0) is 23.0. The van der Waals surface area contributed by atoms with Crippen LogP contribution in [-0.2, 0) is 23.9 Å². The first kappa shape index (κ1) is 23.2. The normalized spacial score (nSPS) is 35.0. The molecule has 1 saturated carbocycles. The summed E-state index contributed by atoms with van der Waals surface area (Å²) in [5, 5.41) is 9.93. The second-order valence-electron chi connectivity index (χ2n) is 9.66. The summed E-state index contributed by atoms with van der Waals surface area (Å²) in [6.07, 6.45) is 7.65. The van der Waals surface area contributed by atoms with Gasteiger partial charge in [-0.2, -0.15) is 0 Å². The molecule has 4 aliphatic rings. The first-order chi connectivity index (χ1) is 15.4. The van der Waals surface area contributed by atoms with Crippen LogP contribution < -0.4 is 0 Å². The van der Waals surface area contributed by atoms with Gasteiger partial charge in [-0.3, -0.25) is 14.4 Å². The summed E-state index contributed by atoms with van der Waals surface area (Å²) in [6, 6.07) is -1.31. The summed E-state index contributed by atoms with van der Waals surface area (Å²) in [5.41, 5.74) is -1.05. The van der Waals surface area contributed by atoms with Crippen LogP contribution >= 0.6 is 0 Å². The van der Waals surface area contributed by atoms with Gasteiger partial charge in [-0.05, 0) is 39.5 Å². The Kier molecular flexibility index (Phi) is 6.63. The van der Waals surface area contributed by atoms with E-state index in [0.29, 0.717) is 19.4 Å². The van der Waals surface area contributed by atoms with E-state index < -0.39 is 41.6 Å². The number of amides is 2. The van der Waals surface area contributed by atoms with Gasteiger partial charge in [0, 0.05) is 12.6 Å². The molecule has 3 heterocycles. The number of fused-ring (bicyclic) bond motifs is 1. The molecular weight excluding hydrogens is 412 g/mol. The van der Waals surface area contributed by atoms with Crippen LogP contribution in [0.2, 0.25) is 0 Å². The third-order valence-electron chi connectivity index (χ3n) is 7.89. The van der Waals surface area contributed by atoms with Crippen molar-refractivity contribution in [2.24, 2.45) is 11.8 Å². The molecule has 6 atom stereocenters. The molecule has 8 heteroatoms. The molecule has 3 saturated heterocycles. The second kappa shape index (κ2) is 9.14. The lowest BCUT2D eigenvalue weighted by Gasteiger charge is -2.41. The quantitative estimate of drug-likeness (QED) is 0.448. The highest BCUT2D eigenvalue weighted by atomic mass is 16.6. The Balaban J connectivity index is 1.73.